The summed E-state index contributed by atoms with van der Waals surface area (Å²) in [7, 11) is 0. The van der Waals surface area contributed by atoms with Crippen LogP contribution >= 0.6 is 34.2 Å². The highest BCUT2D eigenvalue weighted by atomic mass is 127. The Kier molecular flexibility index (Phi) is 3.67. The van der Waals surface area contributed by atoms with Crippen LogP contribution in [0, 0.1) is 16.3 Å². The van der Waals surface area contributed by atoms with Crippen molar-refractivity contribution >= 4 is 40.0 Å². The molecule has 0 saturated heterocycles. The molecule has 0 atom stereocenters. The molecule has 1 nitrogen and oxygen atoms in total. The van der Waals surface area contributed by atoms with Gasteiger partial charge in [-0.2, -0.15) is 0 Å². The van der Waals surface area contributed by atoms with Crippen LogP contribution in [0.4, 0.5) is 4.39 Å². The lowest BCUT2D eigenvalue weighted by molar-refractivity contribution is 0.102. The van der Waals surface area contributed by atoms with Crippen molar-refractivity contribution in [3.05, 3.63) is 32.6 Å². The fraction of sp³-hybridized carbons (Fsp3) is 0.222. The van der Waals surface area contributed by atoms with Crippen molar-refractivity contribution in [2.24, 2.45) is 0 Å². The van der Waals surface area contributed by atoms with Gasteiger partial charge in [-0.1, -0.05) is 0 Å². The lowest BCUT2D eigenvalue weighted by atomic mass is 10.1. The molecular formula is C9H7ClFIO. The molecule has 0 unspecified atom stereocenters. The number of carbonyl (C=O) groups is 1. The second-order valence-electron chi connectivity index (χ2n) is 2.64. The summed E-state index contributed by atoms with van der Waals surface area (Å²) < 4.78 is 13.8. The third-order valence-electron chi connectivity index (χ3n) is 1.67. The van der Waals surface area contributed by atoms with Gasteiger partial charge in [0.05, 0.1) is 5.88 Å². The van der Waals surface area contributed by atoms with Crippen molar-refractivity contribution in [2.75, 3.05) is 5.88 Å². The van der Waals surface area contributed by atoms with Crippen LogP contribution in [0.1, 0.15) is 15.9 Å². The molecule has 0 aliphatic rings. The maximum Gasteiger partial charge on any atom is 0.178 e. The highest BCUT2D eigenvalue weighted by Crippen LogP contribution is 2.18. The maximum atomic E-state index is 13.1. The minimum absolute atomic E-state index is 0.113. The molecule has 0 fully saturated rings. The summed E-state index contributed by atoms with van der Waals surface area (Å²) in [5.74, 6) is -0.725. The average molecular weight is 313 g/mol. The average Bonchev–Trinajstić information content (AvgIpc) is 2.10. The van der Waals surface area contributed by atoms with Crippen LogP contribution in [0.3, 0.4) is 0 Å². The molecule has 0 bridgehead atoms. The topological polar surface area (TPSA) is 17.1 Å². The lowest BCUT2D eigenvalue weighted by Crippen LogP contribution is -2.04. The van der Waals surface area contributed by atoms with E-state index in [9.17, 15) is 9.18 Å². The molecule has 0 N–H and O–H groups in total. The third-order valence-corrected chi connectivity index (χ3v) is 2.81. The highest BCUT2D eigenvalue weighted by Gasteiger charge is 2.11. The summed E-state index contributed by atoms with van der Waals surface area (Å²) in [5, 5.41) is 0. The minimum Gasteiger partial charge on any atom is -0.293 e. The first-order valence-corrected chi connectivity index (χ1v) is 5.22. The summed E-state index contributed by atoms with van der Waals surface area (Å²) in [6.45, 7) is 1.66. The van der Waals surface area contributed by atoms with Gasteiger partial charge in [-0.15, -0.1) is 11.6 Å². The van der Waals surface area contributed by atoms with Crippen molar-refractivity contribution in [1.82, 2.24) is 0 Å². The van der Waals surface area contributed by atoms with E-state index in [-0.39, 0.29) is 17.5 Å². The number of alkyl halides is 1. The summed E-state index contributed by atoms with van der Waals surface area (Å²) in [4.78, 5) is 11.2. The second-order valence-corrected chi connectivity index (χ2v) is 4.07. The van der Waals surface area contributed by atoms with E-state index in [1.54, 1.807) is 13.0 Å². The van der Waals surface area contributed by atoms with Crippen LogP contribution in [-0.4, -0.2) is 11.7 Å². The molecule has 13 heavy (non-hydrogen) atoms. The van der Waals surface area contributed by atoms with E-state index in [2.05, 4.69) is 0 Å². The van der Waals surface area contributed by atoms with Gasteiger partial charge >= 0.3 is 0 Å². The van der Waals surface area contributed by atoms with E-state index < -0.39 is 0 Å². The van der Waals surface area contributed by atoms with Crippen molar-refractivity contribution in [3.63, 3.8) is 0 Å². The zero-order chi connectivity index (χ0) is 10.0. The first-order chi connectivity index (χ1) is 6.06. The van der Waals surface area contributed by atoms with Gasteiger partial charge in [0.25, 0.3) is 0 Å². The molecule has 1 aromatic rings. The van der Waals surface area contributed by atoms with E-state index in [1.807, 2.05) is 22.6 Å². The normalized spacial score (nSPS) is 10.2. The largest absolute Gasteiger partial charge is 0.293 e. The molecule has 0 radical (unpaired) electrons. The molecule has 4 heteroatoms. The van der Waals surface area contributed by atoms with E-state index in [0.29, 0.717) is 11.1 Å². The monoisotopic (exact) mass is 312 g/mol. The SMILES string of the molecule is Cc1cc(I)c(C(=O)CCl)cc1F. The number of hydrogen-bond donors (Lipinski definition) is 0. The number of Topliss-reactive ketones (excluding diaryl/α,β-unsaturated/α-hetero) is 1. The fourth-order valence-electron chi connectivity index (χ4n) is 0.932. The second kappa shape index (κ2) is 4.37. The van der Waals surface area contributed by atoms with Crippen LogP contribution < -0.4 is 0 Å². The van der Waals surface area contributed by atoms with Gasteiger partial charge in [0.15, 0.2) is 5.78 Å². The minimum atomic E-state index is -0.367. The molecule has 0 saturated carbocycles. The van der Waals surface area contributed by atoms with Gasteiger partial charge in [-0.05, 0) is 47.2 Å². The van der Waals surface area contributed by atoms with Crippen LogP contribution in [-0.2, 0) is 0 Å². The number of ketones is 1. The predicted molar refractivity (Wildman–Crippen MR) is 58.9 cm³/mol. The maximum absolute atomic E-state index is 13.1. The van der Waals surface area contributed by atoms with Gasteiger partial charge in [0.2, 0.25) is 0 Å². The molecule has 1 rings (SSSR count). The van der Waals surface area contributed by atoms with Gasteiger partial charge in [0.1, 0.15) is 5.82 Å². The molecular weight excluding hydrogens is 305 g/mol. The van der Waals surface area contributed by atoms with E-state index in [0.717, 1.165) is 3.57 Å². The molecule has 70 valence electrons. The van der Waals surface area contributed by atoms with Gasteiger partial charge in [0, 0.05) is 9.13 Å². The van der Waals surface area contributed by atoms with Crippen LogP contribution in [0.5, 0.6) is 0 Å². The summed E-state index contributed by atoms with van der Waals surface area (Å²) in [5.41, 5.74) is 0.897. The summed E-state index contributed by atoms with van der Waals surface area (Å²) in [6, 6.07) is 2.87. The van der Waals surface area contributed by atoms with Crippen molar-refractivity contribution in [3.8, 4) is 0 Å². The van der Waals surface area contributed by atoms with E-state index in [4.69, 9.17) is 11.6 Å². The molecule has 0 aliphatic carbocycles. The molecule has 0 aromatic heterocycles. The quantitative estimate of drug-likeness (QED) is 0.466. The van der Waals surface area contributed by atoms with Gasteiger partial charge in [-0.25, -0.2) is 4.39 Å². The van der Waals surface area contributed by atoms with Crippen molar-refractivity contribution in [2.45, 2.75) is 6.92 Å². The van der Waals surface area contributed by atoms with Gasteiger partial charge < -0.3 is 0 Å². The molecule has 1 aromatic carbocycles. The Bertz CT molecular complexity index is 352. The zero-order valence-electron chi connectivity index (χ0n) is 6.90. The van der Waals surface area contributed by atoms with Crippen LogP contribution in [0.15, 0.2) is 12.1 Å². The number of hydrogen-bond acceptors (Lipinski definition) is 1. The Morgan fingerprint density at radius 3 is 2.77 bits per heavy atom. The smallest absolute Gasteiger partial charge is 0.178 e. The number of benzene rings is 1. The Morgan fingerprint density at radius 2 is 2.23 bits per heavy atom. The molecule has 0 amide bonds. The predicted octanol–water partition coefficient (Wildman–Crippen LogP) is 3.16. The first kappa shape index (κ1) is 10.9. The van der Waals surface area contributed by atoms with Gasteiger partial charge in [-0.3, -0.25) is 4.79 Å². The number of halogens is 3. The number of aryl methyl sites for hydroxylation is 1. The van der Waals surface area contributed by atoms with E-state index in [1.165, 1.54) is 6.07 Å². The standard InChI is InChI=1S/C9H7ClFIO/c1-5-2-8(12)6(3-7(5)11)9(13)4-10/h2-3H,4H2,1H3. The third kappa shape index (κ3) is 2.40. The number of rotatable bonds is 2. The fourth-order valence-corrected chi connectivity index (χ4v) is 2.00. The van der Waals surface area contributed by atoms with Crippen LogP contribution in [0.25, 0.3) is 0 Å². The Balaban J connectivity index is 3.23. The Hall–Kier alpha value is -0.160. The number of carbonyl (C=O) groups excluding carboxylic acids is 1. The van der Waals surface area contributed by atoms with Crippen LogP contribution in [0.2, 0.25) is 0 Å². The zero-order valence-corrected chi connectivity index (χ0v) is 9.82. The first-order valence-electron chi connectivity index (χ1n) is 3.61. The van der Waals surface area contributed by atoms with Crippen molar-refractivity contribution < 1.29 is 9.18 Å². The molecule has 0 heterocycles. The van der Waals surface area contributed by atoms with E-state index >= 15 is 0 Å². The molecule has 0 spiro atoms. The lowest BCUT2D eigenvalue weighted by Gasteiger charge is -2.03. The Morgan fingerprint density at radius 1 is 1.62 bits per heavy atom. The summed E-state index contributed by atoms with van der Waals surface area (Å²) in [6.07, 6.45) is 0. The highest BCUT2D eigenvalue weighted by molar-refractivity contribution is 14.1. The van der Waals surface area contributed by atoms with Crippen molar-refractivity contribution in [1.29, 1.82) is 0 Å². The molecule has 0 aliphatic heterocycles. The summed E-state index contributed by atoms with van der Waals surface area (Å²) >= 11 is 7.37. The Labute approximate surface area is 94.4 Å².